The van der Waals surface area contributed by atoms with E-state index in [0.29, 0.717) is 11.1 Å². The monoisotopic (exact) mass is 256 g/mol. The minimum absolute atomic E-state index is 0.0792. The number of benzene rings is 1. The van der Waals surface area contributed by atoms with E-state index in [-0.39, 0.29) is 18.1 Å². The molecule has 0 N–H and O–H groups in total. The summed E-state index contributed by atoms with van der Waals surface area (Å²) >= 11 is 0. The first-order valence-electron chi connectivity index (χ1n) is 5.54. The molecule has 0 heterocycles. The van der Waals surface area contributed by atoms with E-state index in [1.165, 1.54) is 0 Å². The van der Waals surface area contributed by atoms with Gasteiger partial charge in [-0.3, -0.25) is 0 Å². The number of ether oxygens (including phenoxy) is 1. The summed E-state index contributed by atoms with van der Waals surface area (Å²) in [6, 6.07) is 1.97. The predicted octanol–water partition coefficient (Wildman–Crippen LogP) is 3.07. The van der Waals surface area contributed by atoms with Gasteiger partial charge in [-0.05, 0) is 24.6 Å². The quantitative estimate of drug-likeness (QED) is 0.613. The third kappa shape index (κ3) is 1.89. The molecule has 2 nitrogen and oxygen atoms in total. The van der Waals surface area contributed by atoms with Gasteiger partial charge < -0.3 is 4.74 Å². The standard InChI is InChI=1S/C13H11F3O2/c1-3-18-13(17)10-6(2)9(10)7-4-5-8(14)12(16)11(7)15/h4-6H,3H2,1-2H3. The molecule has 96 valence electrons. The van der Waals surface area contributed by atoms with Crippen molar-refractivity contribution >= 4 is 11.5 Å². The van der Waals surface area contributed by atoms with Crippen molar-refractivity contribution in [3.63, 3.8) is 0 Å². The van der Waals surface area contributed by atoms with Gasteiger partial charge in [-0.15, -0.1) is 0 Å². The Balaban J connectivity index is 2.39. The van der Waals surface area contributed by atoms with Crippen LogP contribution in [0.5, 0.6) is 0 Å². The van der Waals surface area contributed by atoms with Crippen LogP contribution < -0.4 is 0 Å². The van der Waals surface area contributed by atoms with E-state index < -0.39 is 23.4 Å². The minimum atomic E-state index is -1.53. The van der Waals surface area contributed by atoms with E-state index in [0.717, 1.165) is 12.1 Å². The van der Waals surface area contributed by atoms with Crippen LogP contribution in [-0.4, -0.2) is 12.6 Å². The maximum absolute atomic E-state index is 13.5. The molecule has 0 saturated heterocycles. The Hall–Kier alpha value is -1.78. The summed E-state index contributed by atoms with van der Waals surface area (Å²) in [5.41, 5.74) is 0.621. The molecule has 2 rings (SSSR count). The smallest absolute Gasteiger partial charge is 0.334 e. The number of allylic oxidation sites excluding steroid dienone is 1. The highest BCUT2D eigenvalue weighted by molar-refractivity contribution is 6.09. The summed E-state index contributed by atoms with van der Waals surface area (Å²) in [5, 5.41) is 0. The fraction of sp³-hybridized carbons (Fsp3) is 0.308. The Bertz CT molecular complexity index is 549. The molecular formula is C13H11F3O2. The van der Waals surface area contributed by atoms with E-state index in [9.17, 15) is 18.0 Å². The molecule has 1 aromatic rings. The van der Waals surface area contributed by atoms with Gasteiger partial charge in [-0.2, -0.15) is 0 Å². The van der Waals surface area contributed by atoms with Crippen LogP contribution in [0.1, 0.15) is 19.4 Å². The summed E-state index contributed by atoms with van der Waals surface area (Å²) in [6.07, 6.45) is 0. The third-order valence-corrected chi connectivity index (χ3v) is 2.89. The van der Waals surface area contributed by atoms with Gasteiger partial charge in [-0.1, -0.05) is 6.92 Å². The molecule has 5 heteroatoms. The molecular weight excluding hydrogens is 245 g/mol. The van der Waals surface area contributed by atoms with Crippen LogP contribution in [-0.2, 0) is 9.53 Å². The topological polar surface area (TPSA) is 26.3 Å². The molecule has 1 unspecified atom stereocenters. The zero-order valence-corrected chi connectivity index (χ0v) is 9.89. The van der Waals surface area contributed by atoms with E-state index in [1.54, 1.807) is 13.8 Å². The van der Waals surface area contributed by atoms with Crippen LogP contribution in [0.2, 0.25) is 0 Å². The zero-order chi connectivity index (χ0) is 13.4. The molecule has 0 aliphatic heterocycles. The summed E-state index contributed by atoms with van der Waals surface area (Å²) in [4.78, 5) is 11.5. The molecule has 0 spiro atoms. The average molecular weight is 256 g/mol. The maximum Gasteiger partial charge on any atom is 0.334 e. The first-order valence-corrected chi connectivity index (χ1v) is 5.54. The molecule has 0 amide bonds. The Morgan fingerprint density at radius 2 is 1.94 bits per heavy atom. The summed E-state index contributed by atoms with van der Waals surface area (Å²) in [5.74, 6) is -4.87. The van der Waals surface area contributed by atoms with Crippen LogP contribution in [0.3, 0.4) is 0 Å². The highest BCUT2D eigenvalue weighted by Crippen LogP contribution is 2.48. The fourth-order valence-electron chi connectivity index (χ4n) is 1.94. The Morgan fingerprint density at radius 3 is 2.56 bits per heavy atom. The van der Waals surface area contributed by atoms with Crippen molar-refractivity contribution < 1.29 is 22.7 Å². The van der Waals surface area contributed by atoms with E-state index >= 15 is 0 Å². The molecule has 0 bridgehead atoms. The second kappa shape index (κ2) is 4.48. The average Bonchev–Trinajstić information content (AvgIpc) is 2.98. The first-order chi connectivity index (χ1) is 8.49. The highest BCUT2D eigenvalue weighted by Gasteiger charge is 2.41. The van der Waals surface area contributed by atoms with Gasteiger partial charge in [0.25, 0.3) is 0 Å². The molecule has 0 radical (unpaired) electrons. The van der Waals surface area contributed by atoms with Gasteiger partial charge in [-0.25, -0.2) is 18.0 Å². The lowest BCUT2D eigenvalue weighted by atomic mass is 10.1. The third-order valence-electron chi connectivity index (χ3n) is 2.89. The normalized spacial score (nSPS) is 17.9. The molecule has 1 aliphatic rings. The van der Waals surface area contributed by atoms with Gasteiger partial charge in [0, 0.05) is 17.1 Å². The van der Waals surface area contributed by atoms with Crippen molar-refractivity contribution in [1.82, 2.24) is 0 Å². The van der Waals surface area contributed by atoms with Crippen molar-refractivity contribution in [3.8, 4) is 0 Å². The van der Waals surface area contributed by atoms with Crippen LogP contribution in [0.15, 0.2) is 17.7 Å². The number of halogens is 3. The number of esters is 1. The number of carbonyl (C=O) groups excluding carboxylic acids is 1. The van der Waals surface area contributed by atoms with E-state index in [4.69, 9.17) is 4.74 Å². The number of hydrogen-bond donors (Lipinski definition) is 0. The van der Waals surface area contributed by atoms with Crippen molar-refractivity contribution in [2.24, 2.45) is 5.92 Å². The molecule has 1 atom stereocenters. The highest BCUT2D eigenvalue weighted by atomic mass is 19.2. The van der Waals surface area contributed by atoms with Crippen molar-refractivity contribution in [2.45, 2.75) is 13.8 Å². The Labute approximate surface area is 102 Å². The van der Waals surface area contributed by atoms with Crippen LogP contribution >= 0.6 is 0 Å². The fourth-order valence-corrected chi connectivity index (χ4v) is 1.94. The van der Waals surface area contributed by atoms with Crippen molar-refractivity contribution in [3.05, 3.63) is 40.7 Å². The number of hydrogen-bond acceptors (Lipinski definition) is 2. The lowest BCUT2D eigenvalue weighted by Gasteiger charge is -2.00. The molecule has 0 fully saturated rings. The number of carbonyl (C=O) groups is 1. The minimum Gasteiger partial charge on any atom is -0.463 e. The molecule has 1 aromatic carbocycles. The zero-order valence-electron chi connectivity index (χ0n) is 9.89. The molecule has 18 heavy (non-hydrogen) atoms. The number of rotatable bonds is 3. The van der Waals surface area contributed by atoms with Crippen LogP contribution in [0, 0.1) is 23.4 Å². The lowest BCUT2D eigenvalue weighted by molar-refractivity contribution is -0.138. The van der Waals surface area contributed by atoms with Gasteiger partial charge >= 0.3 is 5.97 Å². The SMILES string of the molecule is CCOC(=O)C1=C(c2ccc(F)c(F)c2F)C1C. The summed E-state index contributed by atoms with van der Waals surface area (Å²) in [6.45, 7) is 3.55. The van der Waals surface area contributed by atoms with Gasteiger partial charge in [0.05, 0.1) is 6.61 Å². The second-order valence-corrected chi connectivity index (χ2v) is 3.99. The summed E-state index contributed by atoms with van der Waals surface area (Å²) < 4.78 is 44.2. The predicted molar refractivity (Wildman–Crippen MR) is 59.0 cm³/mol. The Kier molecular flexibility index (Phi) is 3.15. The lowest BCUT2D eigenvalue weighted by Crippen LogP contribution is -2.02. The van der Waals surface area contributed by atoms with Gasteiger partial charge in [0.1, 0.15) is 0 Å². The second-order valence-electron chi connectivity index (χ2n) is 3.99. The molecule has 0 saturated carbocycles. The largest absolute Gasteiger partial charge is 0.463 e. The van der Waals surface area contributed by atoms with E-state index in [1.807, 2.05) is 0 Å². The van der Waals surface area contributed by atoms with Crippen molar-refractivity contribution in [1.29, 1.82) is 0 Å². The van der Waals surface area contributed by atoms with Gasteiger partial charge in [0.15, 0.2) is 17.5 Å². The van der Waals surface area contributed by atoms with Crippen LogP contribution in [0.4, 0.5) is 13.2 Å². The van der Waals surface area contributed by atoms with Gasteiger partial charge in [0.2, 0.25) is 0 Å². The van der Waals surface area contributed by atoms with Crippen molar-refractivity contribution in [2.75, 3.05) is 6.61 Å². The first kappa shape index (κ1) is 12.7. The van der Waals surface area contributed by atoms with E-state index in [2.05, 4.69) is 0 Å². The Morgan fingerprint density at radius 1 is 1.28 bits per heavy atom. The summed E-state index contributed by atoms with van der Waals surface area (Å²) in [7, 11) is 0. The molecule has 0 aromatic heterocycles. The van der Waals surface area contributed by atoms with Crippen LogP contribution in [0.25, 0.3) is 5.57 Å². The maximum atomic E-state index is 13.5. The molecule has 1 aliphatic carbocycles.